The summed E-state index contributed by atoms with van der Waals surface area (Å²) >= 11 is 0. The van der Waals surface area contributed by atoms with Gasteiger partial charge in [0.1, 0.15) is 5.82 Å². The summed E-state index contributed by atoms with van der Waals surface area (Å²) in [5, 5.41) is 9.42. The second-order valence-corrected chi connectivity index (χ2v) is 13.5. The van der Waals surface area contributed by atoms with E-state index in [-0.39, 0.29) is 6.54 Å². The van der Waals surface area contributed by atoms with E-state index in [1.165, 1.54) is 88.4 Å². The zero-order valence-electron chi connectivity index (χ0n) is 23.0. The molecular weight excluding hydrogens is 472 g/mol. The zero-order valence-corrected chi connectivity index (χ0v) is 23.0. The number of carbonyl (C=O) groups is 1. The average Bonchev–Trinajstić information content (AvgIpc) is 3.21. The number of nitrogens with zero attached hydrogens (tertiary/aromatic N) is 4. The maximum atomic E-state index is 11.5. The van der Waals surface area contributed by atoms with Gasteiger partial charge in [-0.25, -0.2) is 4.98 Å². The minimum atomic E-state index is -0.720. The lowest BCUT2D eigenvalue weighted by Gasteiger charge is -2.55. The summed E-state index contributed by atoms with van der Waals surface area (Å²) in [5.74, 6) is 2.77. The predicted octanol–water partition coefficient (Wildman–Crippen LogP) is 6.22. The van der Waals surface area contributed by atoms with E-state index in [0.29, 0.717) is 24.0 Å². The normalized spacial score (nSPS) is 36.7. The van der Waals surface area contributed by atoms with Gasteiger partial charge in [-0.05, 0) is 88.3 Å². The van der Waals surface area contributed by atoms with E-state index in [1.807, 2.05) is 0 Å². The number of imidazole rings is 1. The molecule has 0 spiro atoms. The Balaban J connectivity index is 1.17. The van der Waals surface area contributed by atoms with E-state index < -0.39 is 5.97 Å². The lowest BCUT2D eigenvalue weighted by atomic mass is 9.73. The minimum Gasteiger partial charge on any atom is -0.480 e. The molecule has 2 saturated carbocycles. The Morgan fingerprint density at radius 1 is 0.816 bits per heavy atom. The second kappa shape index (κ2) is 10.6. The summed E-state index contributed by atoms with van der Waals surface area (Å²) in [6, 6.07) is 11.5. The fourth-order valence-electron chi connectivity index (χ4n) is 9.64. The average molecular weight is 519 g/mol. The molecule has 7 rings (SSSR count). The lowest BCUT2D eigenvalue weighted by Crippen LogP contribution is -2.58. The summed E-state index contributed by atoms with van der Waals surface area (Å²) in [5.41, 5.74) is 2.40. The highest BCUT2D eigenvalue weighted by molar-refractivity contribution is 5.76. The van der Waals surface area contributed by atoms with Crippen LogP contribution < -0.4 is 0 Å². The number of para-hydroxylation sites is 2. The first-order valence-electron chi connectivity index (χ1n) is 15.8. The number of carboxylic acid groups (broad SMARTS) is 1. The smallest absolute Gasteiger partial charge is 0.317 e. The molecule has 1 N–H and O–H groups in total. The molecule has 1 aromatic heterocycles. The van der Waals surface area contributed by atoms with Crippen LogP contribution in [-0.4, -0.2) is 68.2 Å². The maximum absolute atomic E-state index is 11.5. The predicted molar refractivity (Wildman–Crippen MR) is 150 cm³/mol. The molecule has 3 saturated heterocycles. The Kier molecular flexibility index (Phi) is 6.98. The Labute approximate surface area is 227 Å². The Morgan fingerprint density at radius 2 is 1.55 bits per heavy atom. The van der Waals surface area contributed by atoms with Crippen molar-refractivity contribution in [2.75, 3.05) is 19.6 Å². The molecule has 6 heteroatoms. The van der Waals surface area contributed by atoms with E-state index in [4.69, 9.17) is 4.98 Å². The monoisotopic (exact) mass is 518 g/mol. The van der Waals surface area contributed by atoms with E-state index in [1.54, 1.807) is 0 Å². The van der Waals surface area contributed by atoms with Gasteiger partial charge in [0.15, 0.2) is 0 Å². The van der Waals surface area contributed by atoms with Gasteiger partial charge in [0.25, 0.3) is 0 Å². The molecule has 2 aliphatic carbocycles. The zero-order chi connectivity index (χ0) is 25.6. The van der Waals surface area contributed by atoms with Crippen molar-refractivity contribution in [3.8, 4) is 0 Å². The van der Waals surface area contributed by atoms with Gasteiger partial charge in [-0.15, -0.1) is 0 Å². The van der Waals surface area contributed by atoms with Crippen LogP contribution in [0.4, 0.5) is 0 Å². The standard InChI is InChI=1S/C32H46N4O2/c37-31(38)21-34-14-6-9-24(20-34)32-33-29-12-3-4-13-30(29)36(32)28-18-25-10-5-11-26(19-28)35(25)27-16-22-7-1-2-8-23(15-22)17-27/h3-4,12-13,22-28H,1-2,5-11,14-21H2,(H,37,38)/t22-,23+,24-,25-,26+,27-,28-/m0/s1. The number of hydrogen-bond acceptors (Lipinski definition) is 4. The molecule has 2 aromatic rings. The highest BCUT2D eigenvalue weighted by Gasteiger charge is 2.45. The molecule has 0 amide bonds. The van der Waals surface area contributed by atoms with Gasteiger partial charge in [-0.1, -0.05) is 44.2 Å². The number of rotatable bonds is 5. The van der Waals surface area contributed by atoms with Crippen LogP contribution in [0.5, 0.6) is 0 Å². The van der Waals surface area contributed by atoms with Crippen LogP contribution in [-0.2, 0) is 4.79 Å². The first-order valence-corrected chi connectivity index (χ1v) is 15.8. The molecule has 0 radical (unpaired) electrons. The van der Waals surface area contributed by atoms with Gasteiger partial charge in [0.2, 0.25) is 0 Å². The summed E-state index contributed by atoms with van der Waals surface area (Å²) in [6.45, 7) is 1.84. The maximum Gasteiger partial charge on any atom is 0.317 e. The van der Waals surface area contributed by atoms with E-state index in [0.717, 1.165) is 49.3 Å². The number of hydrogen-bond donors (Lipinski definition) is 1. The number of aliphatic carboxylic acids is 1. The van der Waals surface area contributed by atoms with Crippen LogP contribution in [0.1, 0.15) is 108 Å². The molecule has 0 unspecified atom stereocenters. The second-order valence-electron chi connectivity index (χ2n) is 13.5. The van der Waals surface area contributed by atoms with Gasteiger partial charge in [0, 0.05) is 36.6 Å². The largest absolute Gasteiger partial charge is 0.480 e. The number of piperidine rings is 3. The van der Waals surface area contributed by atoms with Crippen LogP contribution in [0.25, 0.3) is 11.0 Å². The number of carboxylic acids is 1. The first-order chi connectivity index (χ1) is 18.6. The molecule has 4 bridgehead atoms. The van der Waals surface area contributed by atoms with Crippen molar-refractivity contribution >= 4 is 17.0 Å². The number of benzene rings is 1. The van der Waals surface area contributed by atoms with E-state index in [9.17, 15) is 9.90 Å². The molecule has 5 aliphatic rings. The fraction of sp³-hybridized carbons (Fsp3) is 0.750. The highest BCUT2D eigenvalue weighted by atomic mass is 16.4. The fourth-order valence-corrected chi connectivity index (χ4v) is 9.64. The van der Waals surface area contributed by atoms with Crippen molar-refractivity contribution in [2.45, 2.75) is 120 Å². The molecule has 206 valence electrons. The first kappa shape index (κ1) is 25.1. The van der Waals surface area contributed by atoms with Crippen molar-refractivity contribution in [1.82, 2.24) is 19.4 Å². The van der Waals surface area contributed by atoms with Crippen molar-refractivity contribution in [3.05, 3.63) is 30.1 Å². The molecule has 5 fully saturated rings. The van der Waals surface area contributed by atoms with Gasteiger partial charge >= 0.3 is 5.97 Å². The van der Waals surface area contributed by atoms with Crippen LogP contribution >= 0.6 is 0 Å². The van der Waals surface area contributed by atoms with Gasteiger partial charge in [-0.2, -0.15) is 0 Å². The van der Waals surface area contributed by atoms with Crippen molar-refractivity contribution in [3.63, 3.8) is 0 Å². The van der Waals surface area contributed by atoms with E-state index >= 15 is 0 Å². The molecule has 3 aliphatic heterocycles. The van der Waals surface area contributed by atoms with Crippen LogP contribution in [0, 0.1) is 11.8 Å². The number of aromatic nitrogens is 2. The number of fused-ring (bicyclic) bond motifs is 5. The third-order valence-electron chi connectivity index (χ3n) is 11.0. The van der Waals surface area contributed by atoms with Crippen LogP contribution in [0.2, 0.25) is 0 Å². The SMILES string of the molecule is O=C(O)CN1CCC[C@H](c2nc3ccccc3n2[C@@H]2C[C@H]3CCC[C@@H](C2)N3[C@@H]2C[C@@H]3CCCC[C@@H](C3)C2)C1. The summed E-state index contributed by atoms with van der Waals surface area (Å²) < 4.78 is 2.65. The van der Waals surface area contributed by atoms with Gasteiger partial charge in [0.05, 0.1) is 17.6 Å². The highest BCUT2D eigenvalue weighted by Crippen LogP contribution is 2.48. The topological polar surface area (TPSA) is 61.6 Å². The number of likely N-dealkylation sites (tertiary alicyclic amines) is 1. The molecule has 38 heavy (non-hydrogen) atoms. The lowest BCUT2D eigenvalue weighted by molar-refractivity contribution is -0.138. The van der Waals surface area contributed by atoms with Gasteiger partial charge < -0.3 is 9.67 Å². The Hall–Kier alpha value is -1.92. The third-order valence-corrected chi connectivity index (χ3v) is 11.0. The Bertz CT molecular complexity index is 1120. The molecule has 4 heterocycles. The summed E-state index contributed by atoms with van der Waals surface area (Å²) in [7, 11) is 0. The molecule has 6 nitrogen and oxygen atoms in total. The van der Waals surface area contributed by atoms with Crippen LogP contribution in [0.15, 0.2) is 24.3 Å². The molecule has 7 atom stereocenters. The minimum absolute atomic E-state index is 0.142. The quantitative estimate of drug-likeness (QED) is 0.509. The Morgan fingerprint density at radius 3 is 2.29 bits per heavy atom. The molecule has 1 aromatic carbocycles. The van der Waals surface area contributed by atoms with Crippen molar-refractivity contribution in [1.29, 1.82) is 0 Å². The van der Waals surface area contributed by atoms with Crippen molar-refractivity contribution < 1.29 is 9.90 Å². The third kappa shape index (κ3) is 4.81. The summed E-state index contributed by atoms with van der Waals surface area (Å²) in [6.07, 6.45) is 19.1. The van der Waals surface area contributed by atoms with Gasteiger partial charge in [-0.3, -0.25) is 14.6 Å². The van der Waals surface area contributed by atoms with E-state index in [2.05, 4.69) is 38.6 Å². The molecular formula is C32H46N4O2. The van der Waals surface area contributed by atoms with Crippen LogP contribution in [0.3, 0.4) is 0 Å². The summed E-state index contributed by atoms with van der Waals surface area (Å²) in [4.78, 5) is 21.9. The van der Waals surface area contributed by atoms with Crippen molar-refractivity contribution in [2.24, 2.45) is 11.8 Å².